The fraction of sp³-hybridized carbons (Fsp3) is 0.357. The molecule has 20 heavy (non-hydrogen) atoms. The van der Waals surface area contributed by atoms with E-state index in [-0.39, 0.29) is 5.91 Å². The summed E-state index contributed by atoms with van der Waals surface area (Å²) in [6.07, 6.45) is 3.10. The maximum atomic E-state index is 11.8. The number of carbonyl (C=O) groups excluding carboxylic acids is 1. The molecule has 0 saturated heterocycles. The number of aryl methyl sites for hydroxylation is 3. The van der Waals surface area contributed by atoms with Crippen molar-refractivity contribution >= 4 is 12.1 Å². The van der Waals surface area contributed by atoms with E-state index in [9.17, 15) is 4.79 Å². The molecule has 0 radical (unpaired) electrons. The van der Waals surface area contributed by atoms with Crippen LogP contribution < -0.4 is 5.43 Å². The zero-order chi connectivity index (χ0) is 14.7. The van der Waals surface area contributed by atoms with Crippen molar-refractivity contribution in [2.75, 3.05) is 0 Å². The Labute approximate surface area is 117 Å². The molecule has 0 bridgehead atoms. The normalized spacial score (nSPS) is 11.2. The fourth-order valence-corrected chi connectivity index (χ4v) is 2.04. The van der Waals surface area contributed by atoms with E-state index in [1.165, 1.54) is 6.26 Å². The second kappa shape index (κ2) is 5.73. The summed E-state index contributed by atoms with van der Waals surface area (Å²) < 4.78 is 6.98. The molecule has 106 valence electrons. The number of carbonyl (C=O) groups is 1. The quantitative estimate of drug-likeness (QED) is 0.686. The van der Waals surface area contributed by atoms with Crippen LogP contribution in [0.25, 0.3) is 0 Å². The number of rotatable bonds is 4. The van der Waals surface area contributed by atoms with Crippen LogP contribution in [0.3, 0.4) is 0 Å². The molecule has 0 aliphatic heterocycles. The van der Waals surface area contributed by atoms with Crippen molar-refractivity contribution in [1.82, 2.24) is 15.2 Å². The minimum Gasteiger partial charge on any atom is -0.469 e. The molecule has 0 aromatic carbocycles. The SMILES string of the molecule is CCn1nc(C)c(/C=N\NC(=O)c2ccoc2C)c1C. The van der Waals surface area contributed by atoms with Gasteiger partial charge in [-0.3, -0.25) is 9.48 Å². The van der Waals surface area contributed by atoms with Crippen molar-refractivity contribution in [2.45, 2.75) is 34.2 Å². The van der Waals surface area contributed by atoms with E-state index in [0.717, 1.165) is 23.5 Å². The molecule has 0 atom stereocenters. The van der Waals surface area contributed by atoms with E-state index >= 15 is 0 Å². The van der Waals surface area contributed by atoms with E-state index in [1.54, 1.807) is 19.2 Å². The minimum atomic E-state index is -0.286. The summed E-state index contributed by atoms with van der Waals surface area (Å²) in [5.41, 5.74) is 5.82. The van der Waals surface area contributed by atoms with Gasteiger partial charge in [-0.2, -0.15) is 10.2 Å². The number of amides is 1. The Balaban J connectivity index is 2.09. The first-order valence-electron chi connectivity index (χ1n) is 6.46. The van der Waals surface area contributed by atoms with Crippen molar-refractivity contribution in [2.24, 2.45) is 5.10 Å². The van der Waals surface area contributed by atoms with Crippen LogP contribution in [0.5, 0.6) is 0 Å². The summed E-state index contributed by atoms with van der Waals surface area (Å²) in [7, 11) is 0. The summed E-state index contributed by atoms with van der Waals surface area (Å²) in [5, 5.41) is 8.38. The Morgan fingerprint density at radius 3 is 2.80 bits per heavy atom. The molecule has 0 aliphatic rings. The second-order valence-corrected chi connectivity index (χ2v) is 4.49. The highest BCUT2D eigenvalue weighted by atomic mass is 16.3. The van der Waals surface area contributed by atoms with Gasteiger partial charge in [0.15, 0.2) is 0 Å². The van der Waals surface area contributed by atoms with Crippen LogP contribution in [-0.2, 0) is 6.54 Å². The van der Waals surface area contributed by atoms with Crippen LogP contribution in [0.4, 0.5) is 0 Å². The van der Waals surface area contributed by atoms with E-state index < -0.39 is 0 Å². The molecule has 0 spiro atoms. The van der Waals surface area contributed by atoms with Gasteiger partial charge in [-0.15, -0.1) is 0 Å². The van der Waals surface area contributed by atoms with Gasteiger partial charge in [0.25, 0.3) is 5.91 Å². The van der Waals surface area contributed by atoms with Crippen molar-refractivity contribution in [3.8, 4) is 0 Å². The Kier molecular flexibility index (Phi) is 4.02. The summed E-state index contributed by atoms with van der Waals surface area (Å²) >= 11 is 0. The van der Waals surface area contributed by atoms with Gasteiger partial charge in [-0.25, -0.2) is 5.43 Å². The van der Waals surface area contributed by atoms with Crippen LogP contribution in [-0.4, -0.2) is 21.9 Å². The standard InChI is InChI=1S/C14H18N4O2/c1-5-18-10(3)13(9(2)17-18)8-15-16-14(19)12-6-7-20-11(12)4/h6-8H,5H2,1-4H3,(H,16,19)/b15-8-. The summed E-state index contributed by atoms with van der Waals surface area (Å²) in [4.78, 5) is 11.8. The molecule has 2 aromatic heterocycles. The third kappa shape index (κ3) is 2.64. The molecule has 0 unspecified atom stereocenters. The first kappa shape index (κ1) is 14.0. The average Bonchev–Trinajstić information content (AvgIpc) is 2.96. The molecule has 2 heterocycles. The van der Waals surface area contributed by atoms with Crippen molar-refractivity contribution in [1.29, 1.82) is 0 Å². The van der Waals surface area contributed by atoms with Crippen LogP contribution >= 0.6 is 0 Å². The summed E-state index contributed by atoms with van der Waals surface area (Å²) in [5.74, 6) is 0.287. The fourth-order valence-electron chi connectivity index (χ4n) is 2.04. The highest BCUT2D eigenvalue weighted by Gasteiger charge is 2.11. The molecule has 6 heteroatoms. The third-order valence-electron chi connectivity index (χ3n) is 3.20. The van der Waals surface area contributed by atoms with Gasteiger partial charge >= 0.3 is 0 Å². The number of hydrogen-bond acceptors (Lipinski definition) is 4. The Morgan fingerprint density at radius 1 is 1.50 bits per heavy atom. The number of nitrogens with zero attached hydrogens (tertiary/aromatic N) is 3. The lowest BCUT2D eigenvalue weighted by molar-refractivity contribution is 0.0953. The molecule has 2 rings (SSSR count). The highest BCUT2D eigenvalue weighted by molar-refractivity contribution is 5.95. The molecular weight excluding hydrogens is 256 g/mol. The Bertz CT molecular complexity index is 652. The maximum absolute atomic E-state index is 11.8. The predicted molar refractivity (Wildman–Crippen MR) is 75.9 cm³/mol. The first-order valence-corrected chi connectivity index (χ1v) is 6.46. The zero-order valence-corrected chi connectivity index (χ0v) is 12.1. The lowest BCUT2D eigenvalue weighted by Gasteiger charge is -1.99. The van der Waals surface area contributed by atoms with Gasteiger partial charge in [0, 0.05) is 17.8 Å². The molecule has 2 aromatic rings. The van der Waals surface area contributed by atoms with Crippen LogP contribution in [0.1, 0.15) is 40.0 Å². The van der Waals surface area contributed by atoms with Gasteiger partial charge in [-0.05, 0) is 33.8 Å². The topological polar surface area (TPSA) is 72.4 Å². The van der Waals surface area contributed by atoms with Gasteiger partial charge in [0.2, 0.25) is 0 Å². The molecule has 6 nitrogen and oxygen atoms in total. The largest absolute Gasteiger partial charge is 0.469 e. The minimum absolute atomic E-state index is 0.286. The first-order chi connectivity index (χ1) is 9.54. The van der Waals surface area contributed by atoms with Crippen molar-refractivity contribution < 1.29 is 9.21 Å². The molecule has 1 N–H and O–H groups in total. The monoisotopic (exact) mass is 274 g/mol. The van der Waals surface area contributed by atoms with E-state index in [2.05, 4.69) is 15.6 Å². The van der Waals surface area contributed by atoms with Gasteiger partial charge in [0.1, 0.15) is 5.76 Å². The number of hydrazone groups is 1. The zero-order valence-electron chi connectivity index (χ0n) is 12.1. The smallest absolute Gasteiger partial charge is 0.274 e. The van der Waals surface area contributed by atoms with Gasteiger partial charge in [0.05, 0.1) is 23.7 Å². The van der Waals surface area contributed by atoms with Crippen LogP contribution in [0.2, 0.25) is 0 Å². The van der Waals surface area contributed by atoms with E-state index in [0.29, 0.717) is 11.3 Å². The summed E-state index contributed by atoms with van der Waals surface area (Å²) in [6, 6.07) is 1.62. The van der Waals surface area contributed by atoms with Crippen LogP contribution in [0.15, 0.2) is 21.8 Å². The Hall–Kier alpha value is -2.37. The molecule has 0 aliphatic carbocycles. The molecule has 1 amide bonds. The molecular formula is C14H18N4O2. The van der Waals surface area contributed by atoms with Gasteiger partial charge in [-0.1, -0.05) is 0 Å². The number of nitrogens with one attached hydrogen (secondary N) is 1. The lowest BCUT2D eigenvalue weighted by Crippen LogP contribution is -2.17. The van der Waals surface area contributed by atoms with Crippen molar-refractivity contribution in [3.05, 3.63) is 40.6 Å². The van der Waals surface area contributed by atoms with E-state index in [1.807, 2.05) is 25.5 Å². The summed E-state index contributed by atoms with van der Waals surface area (Å²) in [6.45, 7) is 8.47. The maximum Gasteiger partial charge on any atom is 0.274 e. The highest BCUT2D eigenvalue weighted by Crippen LogP contribution is 2.10. The van der Waals surface area contributed by atoms with Crippen molar-refractivity contribution in [3.63, 3.8) is 0 Å². The number of hydrogen-bond donors (Lipinski definition) is 1. The second-order valence-electron chi connectivity index (χ2n) is 4.49. The molecule has 0 fully saturated rings. The predicted octanol–water partition coefficient (Wildman–Crippen LogP) is 2.19. The molecule has 0 saturated carbocycles. The third-order valence-corrected chi connectivity index (χ3v) is 3.20. The van der Waals surface area contributed by atoms with Gasteiger partial charge < -0.3 is 4.42 Å². The number of aromatic nitrogens is 2. The average molecular weight is 274 g/mol. The number of furan rings is 1. The van der Waals surface area contributed by atoms with Crippen LogP contribution in [0, 0.1) is 20.8 Å². The lowest BCUT2D eigenvalue weighted by atomic mass is 10.2. The Morgan fingerprint density at radius 2 is 2.25 bits per heavy atom. The van der Waals surface area contributed by atoms with E-state index in [4.69, 9.17) is 4.42 Å².